The van der Waals surface area contributed by atoms with Crippen molar-refractivity contribution >= 4 is 24.0 Å². The molecule has 0 saturated heterocycles. The van der Waals surface area contributed by atoms with Gasteiger partial charge < -0.3 is 28.4 Å². The lowest BCUT2D eigenvalue weighted by atomic mass is 10.2. The Balaban J connectivity index is 1.77. The van der Waals surface area contributed by atoms with Crippen LogP contribution < -0.4 is 14.2 Å². The first-order valence-electron chi connectivity index (χ1n) is 13.2. The van der Waals surface area contributed by atoms with E-state index in [0.717, 1.165) is 25.7 Å². The Morgan fingerprint density at radius 2 is 1.57 bits per heavy atom. The molecule has 0 aliphatic rings. The van der Waals surface area contributed by atoms with Gasteiger partial charge in [0.15, 0.2) is 11.5 Å². The Labute approximate surface area is 235 Å². The molecule has 0 heterocycles. The van der Waals surface area contributed by atoms with Gasteiger partial charge in [-0.05, 0) is 87.6 Å². The molecule has 0 aliphatic carbocycles. The highest BCUT2D eigenvalue weighted by Crippen LogP contribution is 2.29. The van der Waals surface area contributed by atoms with E-state index in [0.29, 0.717) is 54.6 Å². The number of ether oxygens (including phenoxy) is 6. The smallest absolute Gasteiger partial charge is 0.343 e. The van der Waals surface area contributed by atoms with E-state index in [4.69, 9.17) is 28.4 Å². The molecule has 2 aromatic carbocycles. The summed E-state index contributed by atoms with van der Waals surface area (Å²) in [4.78, 5) is 35.8. The van der Waals surface area contributed by atoms with Crippen LogP contribution in [0.4, 0.5) is 0 Å². The van der Waals surface area contributed by atoms with Gasteiger partial charge in [0.1, 0.15) is 12.4 Å². The third-order valence-electron chi connectivity index (χ3n) is 5.46. The molecule has 0 bridgehead atoms. The topological polar surface area (TPSA) is 107 Å². The van der Waals surface area contributed by atoms with Gasteiger partial charge in [0.05, 0.1) is 32.5 Å². The molecule has 0 spiro atoms. The lowest BCUT2D eigenvalue weighted by molar-refractivity contribution is -0.140. The minimum Gasteiger partial charge on any atom is -0.494 e. The maximum Gasteiger partial charge on any atom is 0.343 e. The normalized spacial score (nSPS) is 10.7. The minimum absolute atomic E-state index is 0.181. The SMILES string of the molecule is C=C(C)C(=O)OCCCCCCOc1ccc(C(=O)Oc2ccc(C=CC(=O)OCCOCC)cc2OC)cc1. The summed E-state index contributed by atoms with van der Waals surface area (Å²) in [6.45, 7) is 9.06. The zero-order valence-corrected chi connectivity index (χ0v) is 23.4. The summed E-state index contributed by atoms with van der Waals surface area (Å²) >= 11 is 0. The second-order valence-electron chi connectivity index (χ2n) is 8.70. The molecule has 40 heavy (non-hydrogen) atoms. The molecule has 0 atom stereocenters. The summed E-state index contributed by atoms with van der Waals surface area (Å²) in [5, 5.41) is 0. The Bertz CT molecular complexity index is 1140. The van der Waals surface area contributed by atoms with E-state index in [1.165, 1.54) is 13.2 Å². The zero-order chi connectivity index (χ0) is 29.2. The third-order valence-corrected chi connectivity index (χ3v) is 5.46. The highest BCUT2D eigenvalue weighted by molar-refractivity contribution is 5.91. The summed E-state index contributed by atoms with van der Waals surface area (Å²) in [5.74, 6) is -0.144. The molecule has 0 radical (unpaired) electrons. The number of carbonyl (C=O) groups is 3. The number of hydrogen-bond donors (Lipinski definition) is 0. The summed E-state index contributed by atoms with van der Waals surface area (Å²) in [6.07, 6.45) is 6.42. The fraction of sp³-hybridized carbons (Fsp3) is 0.387. The van der Waals surface area contributed by atoms with Crippen molar-refractivity contribution in [3.63, 3.8) is 0 Å². The largest absolute Gasteiger partial charge is 0.494 e. The average Bonchev–Trinajstić information content (AvgIpc) is 2.96. The number of unbranched alkanes of at least 4 members (excludes halogenated alkanes) is 3. The molecule has 2 aromatic rings. The number of carbonyl (C=O) groups excluding carboxylic acids is 3. The van der Waals surface area contributed by atoms with E-state index >= 15 is 0 Å². The van der Waals surface area contributed by atoms with Crippen LogP contribution in [-0.4, -0.2) is 58.1 Å². The summed E-state index contributed by atoms with van der Waals surface area (Å²) in [6, 6.07) is 11.6. The van der Waals surface area contributed by atoms with Crippen LogP contribution in [0.15, 0.2) is 60.7 Å². The molecule has 0 unspecified atom stereocenters. The molecular weight excluding hydrogens is 516 g/mol. The fourth-order valence-corrected chi connectivity index (χ4v) is 3.31. The predicted octanol–water partition coefficient (Wildman–Crippen LogP) is 5.57. The van der Waals surface area contributed by atoms with Crippen molar-refractivity contribution < 1.29 is 42.8 Å². The first-order chi connectivity index (χ1) is 19.3. The van der Waals surface area contributed by atoms with Crippen LogP contribution in [-0.2, 0) is 23.8 Å². The van der Waals surface area contributed by atoms with E-state index in [9.17, 15) is 14.4 Å². The fourth-order valence-electron chi connectivity index (χ4n) is 3.31. The van der Waals surface area contributed by atoms with Crippen LogP contribution in [0, 0.1) is 0 Å². The van der Waals surface area contributed by atoms with Crippen LogP contribution in [0.2, 0.25) is 0 Å². The van der Waals surface area contributed by atoms with Crippen molar-refractivity contribution in [1.29, 1.82) is 0 Å². The molecule has 2 rings (SSSR count). The van der Waals surface area contributed by atoms with Gasteiger partial charge in [-0.2, -0.15) is 0 Å². The van der Waals surface area contributed by atoms with Crippen molar-refractivity contribution in [2.45, 2.75) is 39.5 Å². The van der Waals surface area contributed by atoms with Gasteiger partial charge in [-0.1, -0.05) is 12.6 Å². The van der Waals surface area contributed by atoms with Gasteiger partial charge in [0, 0.05) is 18.3 Å². The van der Waals surface area contributed by atoms with Gasteiger partial charge in [-0.25, -0.2) is 14.4 Å². The second-order valence-corrected chi connectivity index (χ2v) is 8.70. The Morgan fingerprint density at radius 3 is 2.25 bits per heavy atom. The van der Waals surface area contributed by atoms with E-state index < -0.39 is 11.9 Å². The first-order valence-corrected chi connectivity index (χ1v) is 13.2. The zero-order valence-electron chi connectivity index (χ0n) is 23.4. The number of hydrogen-bond acceptors (Lipinski definition) is 9. The monoisotopic (exact) mass is 554 g/mol. The second kappa shape index (κ2) is 18.2. The highest BCUT2D eigenvalue weighted by atomic mass is 16.6. The molecule has 9 nitrogen and oxygen atoms in total. The van der Waals surface area contributed by atoms with E-state index in [1.807, 2.05) is 6.92 Å². The van der Waals surface area contributed by atoms with E-state index in [1.54, 1.807) is 55.5 Å². The summed E-state index contributed by atoms with van der Waals surface area (Å²) in [7, 11) is 1.47. The van der Waals surface area contributed by atoms with Gasteiger partial charge in [-0.15, -0.1) is 0 Å². The lowest BCUT2D eigenvalue weighted by Gasteiger charge is -2.11. The van der Waals surface area contributed by atoms with E-state index in [-0.39, 0.29) is 18.3 Å². The van der Waals surface area contributed by atoms with Crippen LogP contribution in [0.1, 0.15) is 55.5 Å². The molecule has 0 N–H and O–H groups in total. The van der Waals surface area contributed by atoms with Crippen molar-refractivity contribution in [2.75, 3.05) is 40.1 Å². The molecule has 0 aromatic heterocycles. The number of benzene rings is 2. The predicted molar refractivity (Wildman–Crippen MR) is 151 cm³/mol. The van der Waals surface area contributed by atoms with Crippen LogP contribution in [0.5, 0.6) is 17.2 Å². The van der Waals surface area contributed by atoms with Crippen LogP contribution in [0.3, 0.4) is 0 Å². The highest BCUT2D eigenvalue weighted by Gasteiger charge is 2.13. The maximum atomic E-state index is 12.7. The Hall–Kier alpha value is -4.11. The molecule has 0 saturated carbocycles. The van der Waals surface area contributed by atoms with Crippen molar-refractivity contribution in [3.05, 3.63) is 71.8 Å². The molecule has 0 amide bonds. The van der Waals surface area contributed by atoms with Crippen molar-refractivity contribution in [2.24, 2.45) is 0 Å². The molecule has 9 heteroatoms. The minimum atomic E-state index is -0.543. The standard InChI is InChI=1S/C31H38O9/c1-5-36-20-21-38-29(32)17-11-24-10-16-27(28(22-24)35-4)40-31(34)25-12-14-26(15-13-25)37-18-8-6-7-9-19-39-30(33)23(2)3/h10-17,22H,2,5-9,18-21H2,1,3-4H3. The van der Waals surface area contributed by atoms with Crippen molar-refractivity contribution in [1.82, 2.24) is 0 Å². The quantitative estimate of drug-likeness (QED) is 0.101. The van der Waals surface area contributed by atoms with Crippen LogP contribution >= 0.6 is 0 Å². The Kier molecular flexibility index (Phi) is 14.6. The lowest BCUT2D eigenvalue weighted by Crippen LogP contribution is -2.09. The first kappa shape index (κ1) is 32.1. The van der Waals surface area contributed by atoms with Gasteiger partial charge in [0.25, 0.3) is 0 Å². The number of rotatable bonds is 18. The number of esters is 3. The van der Waals surface area contributed by atoms with E-state index in [2.05, 4.69) is 6.58 Å². The van der Waals surface area contributed by atoms with Gasteiger partial charge in [-0.3, -0.25) is 0 Å². The Morgan fingerprint density at radius 1 is 0.850 bits per heavy atom. The number of methoxy groups -OCH3 is 1. The summed E-state index contributed by atoms with van der Waals surface area (Å²) in [5.41, 5.74) is 1.43. The molecule has 216 valence electrons. The molecular formula is C31H38O9. The van der Waals surface area contributed by atoms with Crippen molar-refractivity contribution in [3.8, 4) is 17.2 Å². The van der Waals surface area contributed by atoms with Crippen LogP contribution in [0.25, 0.3) is 6.08 Å². The van der Waals surface area contributed by atoms with Gasteiger partial charge >= 0.3 is 17.9 Å². The average molecular weight is 555 g/mol. The van der Waals surface area contributed by atoms with Gasteiger partial charge in [0.2, 0.25) is 0 Å². The molecule has 0 aliphatic heterocycles. The summed E-state index contributed by atoms with van der Waals surface area (Å²) < 4.78 is 31.8. The maximum absolute atomic E-state index is 12.7. The molecule has 0 fully saturated rings. The third kappa shape index (κ3) is 12.2.